The number of hydrogen-bond acceptors (Lipinski definition) is 7. The highest BCUT2D eigenvalue weighted by molar-refractivity contribution is 7.15. The van der Waals surface area contributed by atoms with Crippen LogP contribution in [0.15, 0.2) is 36.5 Å². The van der Waals surface area contributed by atoms with Gasteiger partial charge in [0.1, 0.15) is 0 Å². The first-order chi connectivity index (χ1) is 17.9. The zero-order valence-electron chi connectivity index (χ0n) is 21.7. The molecule has 0 radical (unpaired) electrons. The Kier molecular flexibility index (Phi) is 6.90. The van der Waals surface area contributed by atoms with Crippen molar-refractivity contribution < 1.29 is 9.90 Å². The number of anilines is 1. The lowest BCUT2D eigenvalue weighted by Gasteiger charge is -2.32. The maximum Gasteiger partial charge on any atom is 0.252 e. The third kappa shape index (κ3) is 5.52. The van der Waals surface area contributed by atoms with E-state index < -0.39 is 5.60 Å². The molecule has 4 heterocycles. The number of hydrogen-bond donors (Lipinski definition) is 2. The fraction of sp³-hybridized carbons (Fsp3) is 0.552. The third-order valence-electron chi connectivity index (χ3n) is 8.44. The number of fused-ring (bicyclic) bond motifs is 2. The predicted octanol–water partition coefficient (Wildman–Crippen LogP) is 4.39. The fourth-order valence-corrected chi connectivity index (χ4v) is 7.28. The summed E-state index contributed by atoms with van der Waals surface area (Å²) < 4.78 is 0. The summed E-state index contributed by atoms with van der Waals surface area (Å²) in [6.45, 7) is 6.68. The van der Waals surface area contributed by atoms with Gasteiger partial charge in [-0.05, 0) is 82.5 Å². The Labute approximate surface area is 222 Å². The molecule has 0 spiro atoms. The van der Waals surface area contributed by atoms with Gasteiger partial charge in [0.25, 0.3) is 5.91 Å². The number of pyridine rings is 1. The number of β-amino-alcohol motifs (C(OH)–C–C–N with tert-alkyl or cyclic N) is 1. The summed E-state index contributed by atoms with van der Waals surface area (Å²) in [6, 6.07) is 9.88. The Bertz CT molecular complexity index is 1260. The van der Waals surface area contributed by atoms with Crippen LogP contribution in [0.5, 0.6) is 0 Å². The lowest BCUT2D eigenvalue weighted by molar-refractivity contribution is 0.0839. The van der Waals surface area contributed by atoms with E-state index in [-0.39, 0.29) is 11.9 Å². The van der Waals surface area contributed by atoms with Gasteiger partial charge in [0, 0.05) is 54.2 Å². The highest BCUT2D eigenvalue weighted by Crippen LogP contribution is 2.35. The molecule has 1 saturated heterocycles. The maximum atomic E-state index is 13.0. The Hall–Kier alpha value is -2.55. The van der Waals surface area contributed by atoms with Crippen molar-refractivity contribution in [3.05, 3.63) is 52.7 Å². The molecule has 37 heavy (non-hydrogen) atoms. The minimum atomic E-state index is -0.590. The minimum absolute atomic E-state index is 0.0198. The van der Waals surface area contributed by atoms with Crippen molar-refractivity contribution in [2.24, 2.45) is 5.92 Å². The van der Waals surface area contributed by atoms with Crippen LogP contribution < -0.4 is 10.2 Å². The molecule has 2 fully saturated rings. The number of aromatic nitrogens is 2. The molecule has 7 nitrogen and oxygen atoms in total. The molecule has 2 aliphatic heterocycles. The molecule has 196 valence electrons. The molecule has 1 aromatic carbocycles. The van der Waals surface area contributed by atoms with Crippen molar-refractivity contribution in [1.82, 2.24) is 20.2 Å². The van der Waals surface area contributed by atoms with E-state index in [1.807, 2.05) is 48.6 Å². The fourth-order valence-electron chi connectivity index (χ4n) is 6.20. The van der Waals surface area contributed by atoms with E-state index in [0.29, 0.717) is 6.54 Å². The monoisotopic (exact) mass is 519 g/mol. The van der Waals surface area contributed by atoms with Crippen LogP contribution in [0.25, 0.3) is 10.9 Å². The lowest BCUT2D eigenvalue weighted by Crippen LogP contribution is -2.38. The number of carbonyl (C=O) groups is 1. The van der Waals surface area contributed by atoms with Gasteiger partial charge >= 0.3 is 0 Å². The zero-order chi connectivity index (χ0) is 25.4. The van der Waals surface area contributed by atoms with Crippen LogP contribution in [0.1, 0.15) is 66.4 Å². The second kappa shape index (κ2) is 10.3. The van der Waals surface area contributed by atoms with Crippen molar-refractivity contribution in [2.45, 2.75) is 70.1 Å². The molecule has 1 saturated carbocycles. The van der Waals surface area contributed by atoms with E-state index in [1.54, 1.807) is 6.20 Å². The maximum absolute atomic E-state index is 13.0. The normalized spacial score (nSPS) is 26.4. The molecule has 3 aromatic rings. The van der Waals surface area contributed by atoms with Crippen LogP contribution in [-0.2, 0) is 13.0 Å². The highest BCUT2D eigenvalue weighted by atomic mass is 32.1. The Balaban J connectivity index is 0.964. The average molecular weight is 520 g/mol. The molecular formula is C29H37N5O2S. The topological polar surface area (TPSA) is 81.6 Å². The van der Waals surface area contributed by atoms with E-state index in [1.165, 1.54) is 29.8 Å². The van der Waals surface area contributed by atoms with Crippen molar-refractivity contribution in [3.63, 3.8) is 0 Å². The smallest absolute Gasteiger partial charge is 0.252 e. The van der Waals surface area contributed by atoms with Crippen molar-refractivity contribution >= 4 is 33.3 Å². The van der Waals surface area contributed by atoms with Gasteiger partial charge in [0.15, 0.2) is 5.13 Å². The predicted molar refractivity (Wildman–Crippen MR) is 148 cm³/mol. The third-order valence-corrected chi connectivity index (χ3v) is 9.66. The van der Waals surface area contributed by atoms with Gasteiger partial charge in [-0.1, -0.05) is 12.1 Å². The van der Waals surface area contributed by atoms with Gasteiger partial charge in [-0.25, -0.2) is 4.98 Å². The highest BCUT2D eigenvalue weighted by Gasteiger charge is 2.34. The van der Waals surface area contributed by atoms with Gasteiger partial charge in [-0.15, -0.1) is 11.3 Å². The van der Waals surface area contributed by atoms with Crippen molar-refractivity contribution in [2.75, 3.05) is 31.1 Å². The first-order valence-electron chi connectivity index (χ1n) is 13.8. The van der Waals surface area contributed by atoms with E-state index in [4.69, 9.17) is 4.98 Å². The number of nitrogens with zero attached hydrogens (tertiary/aromatic N) is 4. The molecule has 1 unspecified atom stereocenters. The van der Waals surface area contributed by atoms with Gasteiger partial charge in [-0.2, -0.15) is 0 Å². The van der Waals surface area contributed by atoms with E-state index >= 15 is 0 Å². The summed E-state index contributed by atoms with van der Waals surface area (Å²) >= 11 is 1.82. The van der Waals surface area contributed by atoms with Crippen LogP contribution >= 0.6 is 11.3 Å². The summed E-state index contributed by atoms with van der Waals surface area (Å²) in [7, 11) is 0. The largest absolute Gasteiger partial charge is 0.388 e. The van der Waals surface area contributed by atoms with E-state index in [9.17, 15) is 9.90 Å². The molecule has 1 amide bonds. The first kappa shape index (κ1) is 24.8. The molecule has 0 bridgehead atoms. The number of nitrogens with one attached hydrogen (secondary N) is 1. The quantitative estimate of drug-likeness (QED) is 0.503. The van der Waals surface area contributed by atoms with Gasteiger partial charge < -0.3 is 15.3 Å². The molecule has 1 atom stereocenters. The van der Waals surface area contributed by atoms with E-state index in [0.717, 1.165) is 79.4 Å². The molecule has 3 aliphatic rings. The molecule has 8 heteroatoms. The van der Waals surface area contributed by atoms with Gasteiger partial charge in [0.2, 0.25) is 0 Å². The number of thiazole rings is 1. The minimum Gasteiger partial charge on any atom is -0.388 e. The summed E-state index contributed by atoms with van der Waals surface area (Å²) in [5, 5.41) is 15.6. The number of carbonyl (C=O) groups excluding carboxylic acids is 1. The Morgan fingerprint density at radius 2 is 2.05 bits per heavy atom. The van der Waals surface area contributed by atoms with Gasteiger partial charge in [-0.3, -0.25) is 14.7 Å². The lowest BCUT2D eigenvalue weighted by atomic mass is 9.84. The standard InChI is InChI=1S/C29H37N5O2S/c1-29(36)13-17-34(19-29)28-32-25-18-33(16-12-26(25)37-28)15-11-20-7-9-21(10-8-20)31-27(35)23-4-2-6-24-22(23)5-3-14-30-24/h2-6,14,20-21,36H,7-13,15-19H2,1H3,(H,31,35). The molecule has 2 N–H and O–H groups in total. The second-order valence-corrected chi connectivity index (χ2v) is 12.5. The van der Waals surface area contributed by atoms with Crippen LogP contribution in [-0.4, -0.2) is 63.7 Å². The average Bonchev–Trinajstić information content (AvgIpc) is 3.50. The van der Waals surface area contributed by atoms with Crippen LogP contribution in [0.4, 0.5) is 5.13 Å². The number of aliphatic hydroxyl groups is 1. The van der Waals surface area contributed by atoms with Crippen LogP contribution in [0, 0.1) is 5.92 Å². The van der Waals surface area contributed by atoms with E-state index in [2.05, 4.69) is 20.1 Å². The molecule has 2 aromatic heterocycles. The van der Waals surface area contributed by atoms with Gasteiger partial charge in [0.05, 0.1) is 16.8 Å². The summed E-state index contributed by atoms with van der Waals surface area (Å²) in [4.78, 5) is 28.6. The second-order valence-electron chi connectivity index (χ2n) is 11.4. The SMILES string of the molecule is CC1(O)CCN(c2nc3c(s2)CCN(CCC2CCC(NC(=O)c4cccc5ncccc45)CC2)C3)C1. The Morgan fingerprint density at radius 1 is 1.19 bits per heavy atom. The molecular weight excluding hydrogens is 482 g/mol. The number of amides is 1. The van der Waals surface area contributed by atoms with Crippen LogP contribution in [0.3, 0.4) is 0 Å². The number of rotatable bonds is 6. The number of benzene rings is 1. The molecule has 1 aliphatic carbocycles. The summed E-state index contributed by atoms with van der Waals surface area (Å²) in [6.07, 6.45) is 9.35. The first-order valence-corrected chi connectivity index (χ1v) is 14.6. The summed E-state index contributed by atoms with van der Waals surface area (Å²) in [5.41, 5.74) is 2.24. The van der Waals surface area contributed by atoms with Crippen LogP contribution in [0.2, 0.25) is 0 Å². The Morgan fingerprint density at radius 3 is 2.86 bits per heavy atom. The zero-order valence-corrected chi connectivity index (χ0v) is 22.5. The molecule has 6 rings (SSSR count). The summed E-state index contributed by atoms with van der Waals surface area (Å²) in [5.74, 6) is 0.750. The van der Waals surface area contributed by atoms with Crippen molar-refractivity contribution in [1.29, 1.82) is 0 Å². The van der Waals surface area contributed by atoms with Crippen molar-refractivity contribution in [3.8, 4) is 0 Å².